The van der Waals surface area contributed by atoms with Gasteiger partial charge in [0, 0.05) is 5.56 Å². The van der Waals surface area contributed by atoms with Crippen LogP contribution in [0.5, 0.6) is 0 Å². The van der Waals surface area contributed by atoms with E-state index in [2.05, 4.69) is 16.8 Å². The van der Waals surface area contributed by atoms with Crippen LogP contribution in [0.1, 0.15) is 18.9 Å². The minimum atomic E-state index is -0.322. The quantitative estimate of drug-likeness (QED) is 0.663. The third-order valence-electron chi connectivity index (χ3n) is 2.19. The monoisotopic (exact) mass is 261 g/mol. The number of thiazole rings is 1. The van der Waals surface area contributed by atoms with Crippen LogP contribution in [0.4, 0.5) is 0 Å². The normalized spacial score (nSPS) is 9.83. The highest BCUT2D eigenvalue weighted by Gasteiger charge is 1.99. The number of carbonyl (C=O) groups is 1. The molecule has 0 amide bonds. The van der Waals surface area contributed by atoms with Crippen molar-refractivity contribution in [3.8, 4) is 11.8 Å². The first-order chi connectivity index (χ1) is 8.69. The van der Waals surface area contributed by atoms with Crippen LogP contribution in [0.3, 0.4) is 0 Å². The fourth-order valence-corrected chi connectivity index (χ4v) is 2.23. The smallest absolute Gasteiger partial charge is 0.317 e. The van der Waals surface area contributed by atoms with Gasteiger partial charge in [0.2, 0.25) is 0 Å². The number of H-pyrrole nitrogens is 1. The molecule has 2 rings (SSSR count). The number of nitrogens with one attached hydrogen (secondary N) is 1. The van der Waals surface area contributed by atoms with Crippen molar-refractivity contribution < 1.29 is 9.53 Å². The molecule has 0 bridgehead atoms. The molecule has 0 aliphatic rings. The molecule has 18 heavy (non-hydrogen) atoms. The van der Waals surface area contributed by atoms with E-state index in [1.807, 2.05) is 18.2 Å². The molecular formula is C13H11NO3S. The van der Waals surface area contributed by atoms with Crippen LogP contribution in [-0.2, 0) is 9.53 Å². The van der Waals surface area contributed by atoms with Crippen LogP contribution >= 0.6 is 11.3 Å². The number of esters is 1. The van der Waals surface area contributed by atoms with E-state index in [1.54, 1.807) is 6.92 Å². The average Bonchev–Trinajstić information content (AvgIpc) is 2.69. The summed E-state index contributed by atoms with van der Waals surface area (Å²) in [7, 11) is 0. The fourth-order valence-electron chi connectivity index (χ4n) is 1.45. The lowest BCUT2D eigenvalue weighted by atomic mass is 10.2. The van der Waals surface area contributed by atoms with Gasteiger partial charge in [-0.15, -0.1) is 0 Å². The van der Waals surface area contributed by atoms with Gasteiger partial charge in [0.25, 0.3) is 0 Å². The molecule has 1 N–H and O–H groups in total. The predicted molar refractivity (Wildman–Crippen MR) is 70.6 cm³/mol. The molecule has 0 aliphatic carbocycles. The number of ether oxygens (including phenoxy) is 1. The summed E-state index contributed by atoms with van der Waals surface area (Å²) in [6.07, 6.45) is 0.0786. The molecule has 0 fully saturated rings. The standard InChI is InChI=1S/C13H11NO3S/c1-2-17-12(15)5-3-4-9-6-7-10-11(8-9)18-13(16)14-10/h6-8H,2,5H2,1H3,(H,14,16). The molecule has 1 heterocycles. The van der Waals surface area contributed by atoms with E-state index in [-0.39, 0.29) is 17.3 Å². The van der Waals surface area contributed by atoms with Crippen LogP contribution in [-0.4, -0.2) is 17.6 Å². The van der Waals surface area contributed by atoms with Crippen LogP contribution in [0, 0.1) is 11.8 Å². The molecule has 1 aromatic carbocycles. The predicted octanol–water partition coefficient (Wildman–Crippen LogP) is 1.89. The zero-order valence-electron chi connectivity index (χ0n) is 9.78. The van der Waals surface area contributed by atoms with Crippen molar-refractivity contribution in [3.63, 3.8) is 0 Å². The number of hydrogen-bond donors (Lipinski definition) is 1. The van der Waals surface area contributed by atoms with E-state index in [9.17, 15) is 9.59 Å². The Bertz CT molecular complexity index is 687. The van der Waals surface area contributed by atoms with Crippen molar-refractivity contribution in [2.75, 3.05) is 6.61 Å². The molecule has 5 heteroatoms. The number of carbonyl (C=O) groups excluding carboxylic acids is 1. The van der Waals surface area contributed by atoms with Gasteiger partial charge in [0.05, 0.1) is 16.8 Å². The Balaban J connectivity index is 2.14. The van der Waals surface area contributed by atoms with Crippen molar-refractivity contribution in [2.45, 2.75) is 13.3 Å². The number of rotatable bonds is 2. The third kappa shape index (κ3) is 2.99. The Hall–Kier alpha value is -2.06. The maximum atomic E-state index is 11.1. The Morgan fingerprint density at radius 2 is 2.33 bits per heavy atom. The molecule has 0 spiro atoms. The molecule has 2 aromatic rings. The average molecular weight is 261 g/mol. The van der Waals surface area contributed by atoms with Gasteiger partial charge in [0.1, 0.15) is 6.42 Å². The van der Waals surface area contributed by atoms with Crippen LogP contribution in [0.2, 0.25) is 0 Å². The van der Waals surface area contributed by atoms with E-state index < -0.39 is 0 Å². The molecule has 0 radical (unpaired) electrons. The van der Waals surface area contributed by atoms with E-state index in [0.29, 0.717) is 6.61 Å². The summed E-state index contributed by atoms with van der Waals surface area (Å²) in [5.74, 6) is 5.30. The highest BCUT2D eigenvalue weighted by molar-refractivity contribution is 7.16. The van der Waals surface area contributed by atoms with Gasteiger partial charge in [-0.25, -0.2) is 0 Å². The first-order valence-corrected chi connectivity index (χ1v) is 6.28. The second kappa shape index (κ2) is 5.52. The molecular weight excluding hydrogens is 250 g/mol. The second-order valence-corrected chi connectivity index (χ2v) is 4.52. The molecule has 0 atom stereocenters. The highest BCUT2D eigenvalue weighted by atomic mass is 32.1. The number of aromatic nitrogens is 1. The van der Waals surface area contributed by atoms with Crippen molar-refractivity contribution >= 4 is 27.5 Å². The lowest BCUT2D eigenvalue weighted by Crippen LogP contribution is -2.01. The summed E-state index contributed by atoms with van der Waals surface area (Å²) in [4.78, 5) is 24.9. The lowest BCUT2D eigenvalue weighted by Gasteiger charge is -1.95. The number of fused-ring (bicyclic) bond motifs is 1. The van der Waals surface area contributed by atoms with Crippen molar-refractivity contribution in [2.24, 2.45) is 0 Å². The molecule has 0 saturated heterocycles. The molecule has 1 aromatic heterocycles. The second-order valence-electron chi connectivity index (χ2n) is 3.51. The summed E-state index contributed by atoms with van der Waals surface area (Å²) in [6.45, 7) is 2.12. The largest absolute Gasteiger partial charge is 0.465 e. The van der Waals surface area contributed by atoms with Gasteiger partial charge in [-0.05, 0) is 25.1 Å². The van der Waals surface area contributed by atoms with E-state index >= 15 is 0 Å². The van der Waals surface area contributed by atoms with Crippen molar-refractivity contribution in [3.05, 3.63) is 33.4 Å². The summed E-state index contributed by atoms with van der Waals surface area (Å²) in [5.41, 5.74) is 1.59. The highest BCUT2D eigenvalue weighted by Crippen LogP contribution is 2.15. The summed E-state index contributed by atoms with van der Waals surface area (Å²) >= 11 is 1.14. The van der Waals surface area contributed by atoms with Crippen LogP contribution < -0.4 is 4.87 Å². The summed E-state index contributed by atoms with van der Waals surface area (Å²) in [5, 5.41) is 0. The maximum Gasteiger partial charge on any atom is 0.317 e. The Morgan fingerprint density at radius 3 is 3.11 bits per heavy atom. The van der Waals surface area contributed by atoms with Gasteiger partial charge in [-0.2, -0.15) is 0 Å². The van der Waals surface area contributed by atoms with Gasteiger partial charge >= 0.3 is 10.8 Å². The SMILES string of the molecule is CCOC(=O)CC#Cc1ccc2[nH]c(=O)sc2c1. The molecule has 92 valence electrons. The first kappa shape index (κ1) is 12.4. The number of benzene rings is 1. The number of aromatic amines is 1. The van der Waals surface area contributed by atoms with Crippen molar-refractivity contribution in [1.29, 1.82) is 0 Å². The lowest BCUT2D eigenvalue weighted by molar-refractivity contribution is -0.141. The topological polar surface area (TPSA) is 59.2 Å². The Morgan fingerprint density at radius 1 is 1.50 bits per heavy atom. The van der Waals surface area contributed by atoms with E-state index in [4.69, 9.17) is 4.74 Å². The maximum absolute atomic E-state index is 11.1. The molecule has 0 unspecified atom stereocenters. The van der Waals surface area contributed by atoms with Gasteiger partial charge < -0.3 is 9.72 Å². The van der Waals surface area contributed by atoms with Gasteiger partial charge in [0.15, 0.2) is 0 Å². The molecule has 0 saturated carbocycles. The zero-order chi connectivity index (χ0) is 13.0. The fraction of sp³-hybridized carbons (Fsp3) is 0.231. The van der Waals surface area contributed by atoms with Gasteiger partial charge in [-0.1, -0.05) is 23.2 Å². The minimum Gasteiger partial charge on any atom is -0.465 e. The Kier molecular flexibility index (Phi) is 3.80. The van der Waals surface area contributed by atoms with E-state index in [0.717, 1.165) is 27.1 Å². The first-order valence-electron chi connectivity index (χ1n) is 5.46. The summed E-state index contributed by atoms with van der Waals surface area (Å²) < 4.78 is 5.63. The molecule has 0 aliphatic heterocycles. The third-order valence-corrected chi connectivity index (χ3v) is 3.04. The minimum absolute atomic E-state index is 0.0786. The number of hydrogen-bond acceptors (Lipinski definition) is 4. The van der Waals surface area contributed by atoms with Crippen LogP contribution in [0.25, 0.3) is 10.2 Å². The van der Waals surface area contributed by atoms with Crippen molar-refractivity contribution in [1.82, 2.24) is 4.98 Å². The Labute approximate surface area is 108 Å². The molecule has 4 nitrogen and oxygen atoms in total. The zero-order valence-corrected chi connectivity index (χ0v) is 10.6. The van der Waals surface area contributed by atoms with Crippen LogP contribution in [0.15, 0.2) is 23.0 Å². The van der Waals surface area contributed by atoms with E-state index in [1.165, 1.54) is 0 Å². The van der Waals surface area contributed by atoms with Gasteiger partial charge in [-0.3, -0.25) is 9.59 Å². The summed E-state index contributed by atoms with van der Waals surface area (Å²) in [6, 6.07) is 5.45.